The lowest BCUT2D eigenvalue weighted by molar-refractivity contribution is 0.0907. The Kier molecular flexibility index (Phi) is 4.47. The predicted molar refractivity (Wildman–Crippen MR) is 62.0 cm³/mol. The molecule has 1 aromatic rings. The van der Waals surface area contributed by atoms with E-state index in [0.29, 0.717) is 5.69 Å². The van der Waals surface area contributed by atoms with Gasteiger partial charge in [-0.25, -0.2) is 0 Å². The Morgan fingerprint density at radius 3 is 2.53 bits per heavy atom. The monoisotopic (exact) mass is 205 g/mol. The van der Waals surface area contributed by atoms with E-state index >= 15 is 0 Å². The third-order valence-electron chi connectivity index (χ3n) is 2.86. The molecule has 0 saturated carbocycles. The second-order valence-corrected chi connectivity index (χ2v) is 3.74. The van der Waals surface area contributed by atoms with Gasteiger partial charge in [-0.15, -0.1) is 0 Å². The van der Waals surface area contributed by atoms with Crippen molar-refractivity contribution in [2.75, 3.05) is 0 Å². The Balaban J connectivity index is 2.99. The van der Waals surface area contributed by atoms with Crippen LogP contribution >= 0.6 is 0 Å². The normalized spacial score (nSPS) is 10.7. The molecule has 0 fully saturated rings. The molecule has 2 nitrogen and oxygen atoms in total. The van der Waals surface area contributed by atoms with Crippen LogP contribution in [-0.2, 0) is 6.42 Å². The van der Waals surface area contributed by atoms with Crippen LogP contribution in [-0.4, -0.2) is 10.8 Å². The maximum Gasteiger partial charge on any atom is 0.184 e. The summed E-state index contributed by atoms with van der Waals surface area (Å²) in [6, 6.07) is 3.88. The first-order valence-electron chi connectivity index (χ1n) is 5.72. The highest BCUT2D eigenvalue weighted by atomic mass is 16.1. The molecule has 0 atom stereocenters. The number of Topliss-reactive ketones (excluding diaryl/α,β-unsaturated/α-hetero) is 1. The molecule has 0 N–H and O–H groups in total. The molecule has 0 aliphatic rings. The van der Waals surface area contributed by atoms with E-state index in [-0.39, 0.29) is 11.7 Å². The highest BCUT2D eigenvalue weighted by Gasteiger charge is 2.19. The maximum absolute atomic E-state index is 12.1. The van der Waals surface area contributed by atoms with Crippen LogP contribution in [0.15, 0.2) is 18.3 Å². The lowest BCUT2D eigenvalue weighted by Crippen LogP contribution is -2.16. The fourth-order valence-electron chi connectivity index (χ4n) is 1.80. The van der Waals surface area contributed by atoms with E-state index in [4.69, 9.17) is 0 Å². The molecule has 1 rings (SSSR count). The zero-order valence-corrected chi connectivity index (χ0v) is 9.79. The fourth-order valence-corrected chi connectivity index (χ4v) is 1.80. The van der Waals surface area contributed by atoms with Crippen molar-refractivity contribution in [3.8, 4) is 0 Å². The third kappa shape index (κ3) is 2.65. The van der Waals surface area contributed by atoms with E-state index in [1.807, 2.05) is 12.1 Å². The van der Waals surface area contributed by atoms with Crippen LogP contribution in [0.3, 0.4) is 0 Å². The molecule has 82 valence electrons. The van der Waals surface area contributed by atoms with Gasteiger partial charge in [0.1, 0.15) is 5.69 Å². The molecular formula is C13H19NO. The number of ketones is 1. The molecule has 15 heavy (non-hydrogen) atoms. The fraction of sp³-hybridized carbons (Fsp3) is 0.538. The van der Waals surface area contributed by atoms with E-state index < -0.39 is 0 Å². The number of rotatable bonds is 5. The number of hydrogen-bond donors (Lipinski definition) is 0. The van der Waals surface area contributed by atoms with Crippen LogP contribution in [0.5, 0.6) is 0 Å². The van der Waals surface area contributed by atoms with Crippen molar-refractivity contribution in [2.45, 2.75) is 40.0 Å². The van der Waals surface area contributed by atoms with Gasteiger partial charge in [0.25, 0.3) is 0 Å². The molecule has 0 aromatic carbocycles. The molecule has 0 amide bonds. The summed E-state index contributed by atoms with van der Waals surface area (Å²) in [5.74, 6) is 0.336. The molecular weight excluding hydrogens is 186 g/mol. The lowest BCUT2D eigenvalue weighted by Gasteiger charge is -2.12. The standard InChI is InChI=1S/C13H19NO/c1-4-10(5-2)13(15)12-11(6-3)8-7-9-14-12/h7-10H,4-6H2,1-3H3. The van der Waals surface area contributed by atoms with Gasteiger partial charge in [0.15, 0.2) is 5.78 Å². The SMILES string of the molecule is CCc1cccnc1C(=O)C(CC)CC. The second-order valence-electron chi connectivity index (χ2n) is 3.74. The smallest absolute Gasteiger partial charge is 0.184 e. The Morgan fingerprint density at radius 2 is 2.00 bits per heavy atom. The molecule has 0 aliphatic heterocycles. The van der Waals surface area contributed by atoms with Gasteiger partial charge in [-0.1, -0.05) is 26.8 Å². The molecule has 1 heterocycles. The number of aromatic nitrogens is 1. The number of carbonyl (C=O) groups excluding carboxylic acids is 1. The Bertz CT molecular complexity index is 329. The summed E-state index contributed by atoms with van der Waals surface area (Å²) >= 11 is 0. The first-order chi connectivity index (χ1) is 7.24. The molecule has 1 aromatic heterocycles. The van der Waals surface area contributed by atoms with Gasteiger partial charge in [-0.3, -0.25) is 9.78 Å². The number of carbonyl (C=O) groups is 1. The summed E-state index contributed by atoms with van der Waals surface area (Å²) in [6.45, 7) is 6.17. The van der Waals surface area contributed by atoms with Gasteiger partial charge >= 0.3 is 0 Å². The minimum atomic E-state index is 0.130. The predicted octanol–water partition coefficient (Wildman–Crippen LogP) is 3.26. The first kappa shape index (κ1) is 11.9. The summed E-state index contributed by atoms with van der Waals surface area (Å²) in [5.41, 5.74) is 1.74. The van der Waals surface area contributed by atoms with E-state index in [9.17, 15) is 4.79 Å². The minimum absolute atomic E-state index is 0.130. The number of pyridine rings is 1. The Morgan fingerprint density at radius 1 is 1.33 bits per heavy atom. The Hall–Kier alpha value is -1.18. The summed E-state index contributed by atoms with van der Waals surface area (Å²) in [6.07, 6.45) is 4.37. The van der Waals surface area contributed by atoms with Gasteiger partial charge in [0.2, 0.25) is 0 Å². The third-order valence-corrected chi connectivity index (χ3v) is 2.86. The van der Waals surface area contributed by atoms with Crippen LogP contribution < -0.4 is 0 Å². The van der Waals surface area contributed by atoms with Crippen molar-refractivity contribution in [2.24, 2.45) is 5.92 Å². The van der Waals surface area contributed by atoms with Crippen LogP contribution in [0.25, 0.3) is 0 Å². The van der Waals surface area contributed by atoms with E-state index in [1.165, 1.54) is 0 Å². The van der Waals surface area contributed by atoms with Crippen molar-refractivity contribution in [3.05, 3.63) is 29.6 Å². The van der Waals surface area contributed by atoms with Crippen molar-refractivity contribution in [3.63, 3.8) is 0 Å². The van der Waals surface area contributed by atoms with Gasteiger partial charge in [-0.05, 0) is 30.9 Å². The van der Waals surface area contributed by atoms with Crippen molar-refractivity contribution < 1.29 is 4.79 Å². The highest BCUT2D eigenvalue weighted by molar-refractivity contribution is 5.97. The first-order valence-corrected chi connectivity index (χ1v) is 5.72. The van der Waals surface area contributed by atoms with Crippen LogP contribution in [0, 0.1) is 5.92 Å². The maximum atomic E-state index is 12.1. The van der Waals surface area contributed by atoms with Crippen molar-refractivity contribution in [1.82, 2.24) is 4.98 Å². The summed E-state index contributed by atoms with van der Waals surface area (Å²) < 4.78 is 0. The number of nitrogens with zero attached hydrogens (tertiary/aromatic N) is 1. The largest absolute Gasteiger partial charge is 0.292 e. The van der Waals surface area contributed by atoms with Crippen LogP contribution in [0.4, 0.5) is 0 Å². The Labute approximate surface area is 91.7 Å². The summed E-state index contributed by atoms with van der Waals surface area (Å²) in [5, 5.41) is 0. The van der Waals surface area contributed by atoms with Gasteiger partial charge in [0, 0.05) is 12.1 Å². The zero-order chi connectivity index (χ0) is 11.3. The number of aryl methyl sites for hydroxylation is 1. The average Bonchev–Trinajstić information content (AvgIpc) is 2.30. The molecule has 2 heteroatoms. The molecule has 0 radical (unpaired) electrons. The van der Waals surface area contributed by atoms with Gasteiger partial charge in [-0.2, -0.15) is 0 Å². The van der Waals surface area contributed by atoms with E-state index in [0.717, 1.165) is 24.8 Å². The zero-order valence-electron chi connectivity index (χ0n) is 9.79. The van der Waals surface area contributed by atoms with Crippen LogP contribution in [0.1, 0.15) is 49.7 Å². The quantitative estimate of drug-likeness (QED) is 0.690. The van der Waals surface area contributed by atoms with Crippen LogP contribution in [0.2, 0.25) is 0 Å². The highest BCUT2D eigenvalue weighted by Crippen LogP contribution is 2.17. The lowest BCUT2D eigenvalue weighted by atomic mass is 9.93. The molecule has 0 aliphatic carbocycles. The number of hydrogen-bond acceptors (Lipinski definition) is 2. The topological polar surface area (TPSA) is 30.0 Å². The minimum Gasteiger partial charge on any atom is -0.292 e. The van der Waals surface area contributed by atoms with E-state index in [2.05, 4.69) is 25.8 Å². The second kappa shape index (κ2) is 5.64. The average molecular weight is 205 g/mol. The molecule has 0 bridgehead atoms. The molecule has 0 spiro atoms. The summed E-state index contributed by atoms with van der Waals surface area (Å²) in [7, 11) is 0. The molecule has 0 saturated heterocycles. The van der Waals surface area contributed by atoms with Gasteiger partial charge < -0.3 is 0 Å². The summed E-state index contributed by atoms with van der Waals surface area (Å²) in [4.78, 5) is 16.3. The van der Waals surface area contributed by atoms with Crippen molar-refractivity contribution >= 4 is 5.78 Å². The van der Waals surface area contributed by atoms with Crippen molar-refractivity contribution in [1.29, 1.82) is 0 Å². The van der Waals surface area contributed by atoms with Gasteiger partial charge in [0.05, 0.1) is 0 Å². The van der Waals surface area contributed by atoms with E-state index in [1.54, 1.807) is 6.20 Å². The molecule has 0 unspecified atom stereocenters.